The molecule has 2 rings (SSSR count). The summed E-state index contributed by atoms with van der Waals surface area (Å²) in [6.07, 6.45) is 0.630. The van der Waals surface area contributed by atoms with E-state index in [0.717, 1.165) is 0 Å². The molecule has 0 radical (unpaired) electrons. The quantitative estimate of drug-likeness (QED) is 0.923. The Balaban J connectivity index is 2.44. The van der Waals surface area contributed by atoms with Gasteiger partial charge < -0.3 is 5.11 Å². The summed E-state index contributed by atoms with van der Waals surface area (Å²) in [5.74, 6) is 0. The molecule has 1 aromatic carbocycles. The van der Waals surface area contributed by atoms with E-state index < -0.39 is 6.10 Å². The topological polar surface area (TPSA) is 61.8 Å². The molecular formula is C13H12ClN3O. The predicted octanol–water partition coefficient (Wildman–Crippen LogP) is 2.51. The van der Waals surface area contributed by atoms with Crippen molar-refractivity contribution in [1.29, 1.82) is 5.26 Å². The molecule has 1 heterocycles. The van der Waals surface area contributed by atoms with Gasteiger partial charge in [-0.3, -0.25) is 4.68 Å². The lowest BCUT2D eigenvalue weighted by molar-refractivity contribution is 0.208. The van der Waals surface area contributed by atoms with Crippen LogP contribution >= 0.6 is 11.6 Å². The molecule has 0 fully saturated rings. The van der Waals surface area contributed by atoms with Crippen LogP contribution in [0, 0.1) is 11.3 Å². The maximum Gasteiger partial charge on any atom is 0.122 e. The molecular weight excluding hydrogens is 250 g/mol. The van der Waals surface area contributed by atoms with Crippen LogP contribution in [0.4, 0.5) is 0 Å². The fourth-order valence-corrected chi connectivity index (χ4v) is 2.08. The van der Waals surface area contributed by atoms with Crippen molar-refractivity contribution >= 4 is 11.6 Å². The maximum absolute atomic E-state index is 10.3. The Morgan fingerprint density at radius 1 is 1.56 bits per heavy atom. The van der Waals surface area contributed by atoms with Crippen LogP contribution in [0.2, 0.25) is 5.02 Å². The molecule has 1 atom stereocenters. The van der Waals surface area contributed by atoms with E-state index in [2.05, 4.69) is 5.10 Å². The zero-order valence-corrected chi connectivity index (χ0v) is 10.6. The highest BCUT2D eigenvalue weighted by Crippen LogP contribution is 2.28. The van der Waals surface area contributed by atoms with E-state index in [9.17, 15) is 5.11 Å². The summed E-state index contributed by atoms with van der Waals surface area (Å²) in [5, 5.41) is 23.7. The number of hydrogen-bond acceptors (Lipinski definition) is 3. The largest absolute Gasteiger partial charge is 0.382 e. The highest BCUT2D eigenvalue weighted by molar-refractivity contribution is 6.31. The Kier molecular flexibility index (Phi) is 3.66. The number of aromatic nitrogens is 2. The zero-order chi connectivity index (χ0) is 13.1. The second kappa shape index (κ2) is 5.21. The van der Waals surface area contributed by atoms with E-state index in [1.807, 2.05) is 13.0 Å². The Bertz CT molecular complexity index is 601. The molecule has 2 aromatic rings. The van der Waals surface area contributed by atoms with Crippen LogP contribution in [0.1, 0.15) is 29.8 Å². The van der Waals surface area contributed by atoms with E-state index in [1.165, 1.54) is 6.20 Å². The van der Waals surface area contributed by atoms with Gasteiger partial charge in [-0.25, -0.2) is 0 Å². The van der Waals surface area contributed by atoms with Crippen LogP contribution in [-0.2, 0) is 6.54 Å². The summed E-state index contributed by atoms with van der Waals surface area (Å²) >= 11 is 6.03. The number of aliphatic hydroxyl groups is 1. The number of aryl methyl sites for hydroxylation is 1. The van der Waals surface area contributed by atoms with E-state index in [0.29, 0.717) is 28.4 Å². The van der Waals surface area contributed by atoms with Crippen molar-refractivity contribution in [2.75, 3.05) is 0 Å². The first-order valence-electron chi connectivity index (χ1n) is 5.56. The van der Waals surface area contributed by atoms with Gasteiger partial charge in [-0.2, -0.15) is 10.4 Å². The molecule has 1 unspecified atom stereocenters. The van der Waals surface area contributed by atoms with Gasteiger partial charge in [-0.15, -0.1) is 0 Å². The summed E-state index contributed by atoms with van der Waals surface area (Å²) in [7, 11) is 0. The van der Waals surface area contributed by atoms with Crippen LogP contribution < -0.4 is 0 Å². The van der Waals surface area contributed by atoms with E-state index >= 15 is 0 Å². The molecule has 0 saturated heterocycles. The summed E-state index contributed by atoms with van der Waals surface area (Å²) in [6.45, 7) is 2.54. The molecule has 0 saturated carbocycles. The third-order valence-electron chi connectivity index (χ3n) is 2.72. The van der Waals surface area contributed by atoms with Crippen molar-refractivity contribution in [3.8, 4) is 6.07 Å². The van der Waals surface area contributed by atoms with Gasteiger partial charge in [0.2, 0.25) is 0 Å². The van der Waals surface area contributed by atoms with Crippen LogP contribution in [0.15, 0.2) is 30.5 Å². The summed E-state index contributed by atoms with van der Waals surface area (Å²) < 4.78 is 1.64. The molecule has 1 aromatic heterocycles. The molecule has 0 aliphatic rings. The number of halogens is 1. The lowest BCUT2D eigenvalue weighted by Gasteiger charge is -2.13. The second-order valence-electron chi connectivity index (χ2n) is 3.83. The molecule has 5 heteroatoms. The van der Waals surface area contributed by atoms with Crippen molar-refractivity contribution < 1.29 is 5.11 Å². The van der Waals surface area contributed by atoms with Gasteiger partial charge in [0.15, 0.2) is 0 Å². The molecule has 18 heavy (non-hydrogen) atoms. The van der Waals surface area contributed by atoms with Gasteiger partial charge in [0.1, 0.15) is 6.10 Å². The standard InChI is InChI=1S/C13H12ClN3O/c1-2-17-12(11(14)8-16-17)13(18)10-5-3-4-9(6-10)7-15/h3-6,8,13,18H,2H2,1H3. The number of nitrogens with zero attached hydrogens (tertiary/aromatic N) is 3. The number of aliphatic hydroxyl groups excluding tert-OH is 1. The number of hydrogen-bond donors (Lipinski definition) is 1. The molecule has 4 nitrogen and oxygen atoms in total. The first-order valence-corrected chi connectivity index (χ1v) is 5.94. The smallest absolute Gasteiger partial charge is 0.122 e. The minimum absolute atomic E-state index is 0.423. The Morgan fingerprint density at radius 2 is 2.33 bits per heavy atom. The van der Waals surface area contributed by atoms with Crippen molar-refractivity contribution in [1.82, 2.24) is 9.78 Å². The van der Waals surface area contributed by atoms with E-state index in [1.54, 1.807) is 28.9 Å². The Morgan fingerprint density at radius 3 is 3.00 bits per heavy atom. The normalized spacial score (nSPS) is 12.1. The van der Waals surface area contributed by atoms with Crippen LogP contribution in [0.25, 0.3) is 0 Å². The summed E-state index contributed by atoms with van der Waals surface area (Å²) in [5.41, 5.74) is 1.69. The molecule has 0 amide bonds. The number of rotatable bonds is 3. The first kappa shape index (κ1) is 12.6. The summed E-state index contributed by atoms with van der Waals surface area (Å²) in [6, 6.07) is 8.87. The highest BCUT2D eigenvalue weighted by Gasteiger charge is 2.19. The van der Waals surface area contributed by atoms with Crippen LogP contribution in [-0.4, -0.2) is 14.9 Å². The summed E-state index contributed by atoms with van der Waals surface area (Å²) in [4.78, 5) is 0. The van der Waals surface area contributed by atoms with Crippen molar-refractivity contribution in [2.24, 2.45) is 0 Å². The van der Waals surface area contributed by atoms with Gasteiger partial charge in [-0.1, -0.05) is 23.7 Å². The molecule has 0 spiro atoms. The fourth-order valence-electron chi connectivity index (χ4n) is 1.83. The monoisotopic (exact) mass is 261 g/mol. The van der Waals surface area contributed by atoms with Crippen LogP contribution in [0.3, 0.4) is 0 Å². The van der Waals surface area contributed by atoms with Gasteiger partial charge in [0.05, 0.1) is 28.5 Å². The fraction of sp³-hybridized carbons (Fsp3) is 0.231. The average Bonchev–Trinajstić information content (AvgIpc) is 2.79. The van der Waals surface area contributed by atoms with Gasteiger partial charge in [0, 0.05) is 6.54 Å². The minimum atomic E-state index is -0.881. The van der Waals surface area contributed by atoms with Crippen molar-refractivity contribution in [3.05, 3.63) is 52.3 Å². The zero-order valence-electron chi connectivity index (χ0n) is 9.84. The number of benzene rings is 1. The average molecular weight is 262 g/mol. The third-order valence-corrected chi connectivity index (χ3v) is 3.01. The van der Waals surface area contributed by atoms with Gasteiger partial charge in [-0.05, 0) is 24.6 Å². The molecule has 0 aliphatic carbocycles. The maximum atomic E-state index is 10.3. The Labute approximate surface area is 110 Å². The number of nitriles is 1. The van der Waals surface area contributed by atoms with Gasteiger partial charge >= 0.3 is 0 Å². The molecule has 1 N–H and O–H groups in total. The second-order valence-corrected chi connectivity index (χ2v) is 4.24. The SMILES string of the molecule is CCn1ncc(Cl)c1C(O)c1cccc(C#N)c1. The Hall–Kier alpha value is -1.83. The lowest BCUT2D eigenvalue weighted by Crippen LogP contribution is -2.09. The third kappa shape index (κ3) is 2.23. The highest BCUT2D eigenvalue weighted by atomic mass is 35.5. The lowest BCUT2D eigenvalue weighted by atomic mass is 10.0. The first-order chi connectivity index (χ1) is 8.67. The minimum Gasteiger partial charge on any atom is -0.382 e. The molecule has 0 bridgehead atoms. The molecule has 0 aliphatic heterocycles. The van der Waals surface area contributed by atoms with Gasteiger partial charge in [0.25, 0.3) is 0 Å². The molecule has 92 valence electrons. The van der Waals surface area contributed by atoms with Crippen molar-refractivity contribution in [2.45, 2.75) is 19.6 Å². The van der Waals surface area contributed by atoms with E-state index in [4.69, 9.17) is 16.9 Å². The van der Waals surface area contributed by atoms with Crippen LogP contribution in [0.5, 0.6) is 0 Å². The van der Waals surface area contributed by atoms with Crippen molar-refractivity contribution in [3.63, 3.8) is 0 Å². The predicted molar refractivity (Wildman–Crippen MR) is 68.1 cm³/mol. The van der Waals surface area contributed by atoms with E-state index in [-0.39, 0.29) is 0 Å².